The molecule has 0 atom stereocenters. The maximum absolute atomic E-state index is 12.6. The van der Waals surface area contributed by atoms with Crippen LogP contribution in [0.5, 0.6) is 0 Å². The topological polar surface area (TPSA) is 75.5 Å². The van der Waals surface area contributed by atoms with E-state index in [1.54, 1.807) is 13.0 Å². The highest BCUT2D eigenvalue weighted by molar-refractivity contribution is 5.95. The first kappa shape index (κ1) is 18.7. The average molecular weight is 354 g/mol. The molecule has 2 fully saturated rings. The Balaban J connectivity index is 0.00000208. The van der Waals surface area contributed by atoms with Crippen molar-refractivity contribution in [2.75, 3.05) is 19.6 Å². The Labute approximate surface area is 148 Å². The van der Waals surface area contributed by atoms with Gasteiger partial charge in [-0.15, -0.1) is 12.4 Å². The molecule has 1 aromatic rings. The zero-order valence-electron chi connectivity index (χ0n) is 13.9. The Kier molecular flexibility index (Phi) is 6.18. The summed E-state index contributed by atoms with van der Waals surface area (Å²) in [6.07, 6.45) is 4.59. The summed E-state index contributed by atoms with van der Waals surface area (Å²) in [7, 11) is 0. The molecule has 1 amide bonds. The van der Waals surface area contributed by atoms with Crippen molar-refractivity contribution < 1.29 is 9.72 Å². The van der Waals surface area contributed by atoms with E-state index in [9.17, 15) is 14.9 Å². The van der Waals surface area contributed by atoms with Gasteiger partial charge in [-0.2, -0.15) is 0 Å². The lowest BCUT2D eigenvalue weighted by Crippen LogP contribution is -2.45. The SMILES string of the molecule is Cc1cc(C(=O)N2CCC(NCC3CC3)CC2)cc([N+](=O)[O-])c1.Cl. The fourth-order valence-electron chi connectivity index (χ4n) is 3.12. The van der Waals surface area contributed by atoms with E-state index in [4.69, 9.17) is 0 Å². The first-order valence-electron chi connectivity index (χ1n) is 8.31. The van der Waals surface area contributed by atoms with E-state index in [-0.39, 0.29) is 24.0 Å². The van der Waals surface area contributed by atoms with Gasteiger partial charge in [0.05, 0.1) is 4.92 Å². The molecule has 1 aliphatic carbocycles. The van der Waals surface area contributed by atoms with Crippen LogP contribution in [-0.4, -0.2) is 41.4 Å². The van der Waals surface area contributed by atoms with Gasteiger partial charge >= 0.3 is 0 Å². The molecular formula is C17H24ClN3O3. The maximum atomic E-state index is 12.6. The predicted molar refractivity (Wildman–Crippen MR) is 94.7 cm³/mol. The lowest BCUT2D eigenvalue weighted by Gasteiger charge is -2.32. The van der Waals surface area contributed by atoms with Gasteiger partial charge < -0.3 is 10.2 Å². The number of nitro groups is 1. The van der Waals surface area contributed by atoms with Gasteiger partial charge in [0.2, 0.25) is 0 Å². The van der Waals surface area contributed by atoms with Crippen molar-refractivity contribution in [3.05, 3.63) is 39.4 Å². The maximum Gasteiger partial charge on any atom is 0.270 e. The Hall–Kier alpha value is -1.66. The molecule has 1 saturated carbocycles. The number of benzene rings is 1. The molecule has 3 rings (SSSR count). The van der Waals surface area contributed by atoms with Crippen molar-refractivity contribution in [2.24, 2.45) is 5.92 Å². The van der Waals surface area contributed by atoms with Crippen molar-refractivity contribution in [3.8, 4) is 0 Å². The lowest BCUT2D eigenvalue weighted by molar-refractivity contribution is -0.384. The number of amides is 1. The number of carbonyl (C=O) groups excluding carboxylic acids is 1. The minimum Gasteiger partial charge on any atom is -0.339 e. The number of nitro benzene ring substituents is 1. The normalized spacial score (nSPS) is 18.1. The van der Waals surface area contributed by atoms with E-state index in [0.29, 0.717) is 24.7 Å². The van der Waals surface area contributed by atoms with E-state index < -0.39 is 4.92 Å². The molecule has 24 heavy (non-hydrogen) atoms. The van der Waals surface area contributed by atoms with E-state index >= 15 is 0 Å². The summed E-state index contributed by atoms with van der Waals surface area (Å²) < 4.78 is 0. The molecule has 7 heteroatoms. The van der Waals surface area contributed by atoms with Gasteiger partial charge in [0.1, 0.15) is 0 Å². The average Bonchev–Trinajstić information content (AvgIpc) is 3.36. The molecule has 2 aliphatic rings. The van der Waals surface area contributed by atoms with Crippen LogP contribution in [0, 0.1) is 23.0 Å². The van der Waals surface area contributed by atoms with Gasteiger partial charge in [0, 0.05) is 36.8 Å². The van der Waals surface area contributed by atoms with Crippen LogP contribution >= 0.6 is 12.4 Å². The van der Waals surface area contributed by atoms with E-state index in [1.165, 1.54) is 25.0 Å². The standard InChI is InChI=1S/C17H23N3O3.ClH/c1-12-8-14(10-16(9-12)20(22)23)17(21)19-6-4-15(5-7-19)18-11-13-2-3-13;/h8-10,13,15,18H,2-7,11H2,1H3;1H. The molecular weight excluding hydrogens is 330 g/mol. The summed E-state index contributed by atoms with van der Waals surface area (Å²) in [6, 6.07) is 5.09. The smallest absolute Gasteiger partial charge is 0.270 e. The van der Waals surface area contributed by atoms with Gasteiger partial charge in [0.25, 0.3) is 11.6 Å². The van der Waals surface area contributed by atoms with Gasteiger partial charge in [-0.05, 0) is 56.7 Å². The third-order valence-corrected chi connectivity index (χ3v) is 4.69. The number of hydrogen-bond acceptors (Lipinski definition) is 4. The molecule has 6 nitrogen and oxygen atoms in total. The van der Waals surface area contributed by atoms with Crippen LogP contribution in [0.3, 0.4) is 0 Å². The number of halogens is 1. The molecule has 1 N–H and O–H groups in total. The zero-order valence-corrected chi connectivity index (χ0v) is 14.7. The summed E-state index contributed by atoms with van der Waals surface area (Å²) in [6.45, 7) is 4.30. The van der Waals surface area contributed by atoms with Crippen LogP contribution in [0.1, 0.15) is 41.6 Å². The van der Waals surface area contributed by atoms with Crippen LogP contribution in [0.15, 0.2) is 18.2 Å². The molecule has 1 aliphatic heterocycles. The van der Waals surface area contributed by atoms with Crippen molar-refractivity contribution >= 4 is 24.0 Å². The number of likely N-dealkylation sites (tertiary alicyclic amines) is 1. The third kappa shape index (κ3) is 4.68. The second-order valence-electron chi connectivity index (χ2n) is 6.73. The number of piperidine rings is 1. The molecule has 0 spiro atoms. The van der Waals surface area contributed by atoms with Gasteiger partial charge in [-0.25, -0.2) is 0 Å². The molecule has 0 unspecified atom stereocenters. The lowest BCUT2D eigenvalue weighted by atomic mass is 10.0. The first-order chi connectivity index (χ1) is 11.0. The predicted octanol–water partition coefficient (Wildman–Crippen LogP) is 2.93. The largest absolute Gasteiger partial charge is 0.339 e. The highest BCUT2D eigenvalue weighted by atomic mass is 35.5. The number of nitrogens with zero attached hydrogens (tertiary/aromatic N) is 2. The highest BCUT2D eigenvalue weighted by Crippen LogP contribution is 2.28. The van der Waals surface area contributed by atoms with Crippen LogP contribution in [-0.2, 0) is 0 Å². The van der Waals surface area contributed by atoms with Crippen molar-refractivity contribution in [2.45, 2.75) is 38.6 Å². The number of carbonyl (C=O) groups is 1. The molecule has 0 bridgehead atoms. The molecule has 0 radical (unpaired) electrons. The Morgan fingerprint density at radius 1 is 1.25 bits per heavy atom. The summed E-state index contributed by atoms with van der Waals surface area (Å²) in [4.78, 5) is 24.9. The minimum atomic E-state index is -0.447. The second-order valence-corrected chi connectivity index (χ2v) is 6.73. The number of non-ortho nitro benzene ring substituents is 1. The number of rotatable bonds is 5. The van der Waals surface area contributed by atoms with Crippen LogP contribution in [0.4, 0.5) is 5.69 Å². The number of aryl methyl sites for hydroxylation is 1. The molecule has 0 aromatic heterocycles. The Morgan fingerprint density at radius 3 is 2.50 bits per heavy atom. The quantitative estimate of drug-likeness (QED) is 0.652. The van der Waals surface area contributed by atoms with Gasteiger partial charge in [-0.3, -0.25) is 14.9 Å². The first-order valence-corrected chi connectivity index (χ1v) is 8.31. The summed E-state index contributed by atoms with van der Waals surface area (Å²) in [5, 5.41) is 14.5. The van der Waals surface area contributed by atoms with Gasteiger partial charge in [0.15, 0.2) is 0 Å². The van der Waals surface area contributed by atoms with Crippen molar-refractivity contribution in [1.82, 2.24) is 10.2 Å². The highest BCUT2D eigenvalue weighted by Gasteiger charge is 2.27. The fraction of sp³-hybridized carbons (Fsp3) is 0.588. The molecule has 1 aromatic carbocycles. The fourth-order valence-corrected chi connectivity index (χ4v) is 3.12. The van der Waals surface area contributed by atoms with E-state index in [1.807, 2.05) is 4.90 Å². The summed E-state index contributed by atoms with van der Waals surface area (Å²) >= 11 is 0. The minimum absolute atomic E-state index is 0. The second kappa shape index (κ2) is 7.94. The molecule has 1 saturated heterocycles. The molecule has 1 heterocycles. The van der Waals surface area contributed by atoms with Crippen molar-refractivity contribution in [3.63, 3.8) is 0 Å². The summed E-state index contributed by atoms with van der Waals surface area (Å²) in [5.41, 5.74) is 1.14. The molecule has 132 valence electrons. The van der Waals surface area contributed by atoms with Gasteiger partial charge in [-0.1, -0.05) is 0 Å². The Morgan fingerprint density at radius 2 is 1.92 bits per heavy atom. The van der Waals surface area contributed by atoms with E-state index in [2.05, 4.69) is 5.32 Å². The van der Waals surface area contributed by atoms with Crippen LogP contribution in [0.25, 0.3) is 0 Å². The van der Waals surface area contributed by atoms with Crippen LogP contribution < -0.4 is 5.32 Å². The number of nitrogens with one attached hydrogen (secondary N) is 1. The zero-order chi connectivity index (χ0) is 16.4. The van der Waals surface area contributed by atoms with Crippen molar-refractivity contribution in [1.29, 1.82) is 0 Å². The number of hydrogen-bond donors (Lipinski definition) is 1. The monoisotopic (exact) mass is 353 g/mol. The van der Waals surface area contributed by atoms with E-state index in [0.717, 1.165) is 30.9 Å². The van der Waals surface area contributed by atoms with Crippen LogP contribution in [0.2, 0.25) is 0 Å². The third-order valence-electron chi connectivity index (χ3n) is 4.69. The summed E-state index contributed by atoms with van der Waals surface area (Å²) in [5.74, 6) is 0.764. The Bertz CT molecular complexity index is 611.